The van der Waals surface area contributed by atoms with Gasteiger partial charge in [0.15, 0.2) is 0 Å². The van der Waals surface area contributed by atoms with E-state index in [-0.39, 0.29) is 11.5 Å². The van der Waals surface area contributed by atoms with Gasteiger partial charge < -0.3 is 10.2 Å². The zero-order valence-corrected chi connectivity index (χ0v) is 25.7. The van der Waals surface area contributed by atoms with Crippen LogP contribution in [0.4, 0.5) is 0 Å². The maximum absolute atomic E-state index is 10.8. The summed E-state index contributed by atoms with van der Waals surface area (Å²) in [6, 6.07) is 7.48. The largest absolute Gasteiger partial charge is 0.507 e. The van der Waals surface area contributed by atoms with Gasteiger partial charge in [-0.25, -0.2) is 0 Å². The number of phenolic OH excluding ortho intramolecular Hbond substituents is 2. The van der Waals surface area contributed by atoms with Gasteiger partial charge in [0.05, 0.1) is 0 Å². The molecule has 2 nitrogen and oxygen atoms in total. The highest BCUT2D eigenvalue weighted by Crippen LogP contribution is 2.39. The summed E-state index contributed by atoms with van der Waals surface area (Å²) < 4.78 is 0. The first-order chi connectivity index (χ1) is 18.6. The van der Waals surface area contributed by atoms with Crippen LogP contribution in [0.2, 0.25) is 0 Å². The Kier molecular flexibility index (Phi) is 13.9. The van der Waals surface area contributed by atoms with Crippen LogP contribution in [0.25, 0.3) is 10.8 Å². The molecule has 2 N–H and O–H groups in total. The first-order valence-electron chi connectivity index (χ1n) is 14.8. The van der Waals surface area contributed by atoms with Crippen molar-refractivity contribution in [1.82, 2.24) is 0 Å². The van der Waals surface area contributed by atoms with Crippen LogP contribution in [-0.2, 0) is 6.42 Å². The summed E-state index contributed by atoms with van der Waals surface area (Å²) in [4.78, 5) is 0. The first kappa shape index (κ1) is 32.2. The molecule has 0 saturated heterocycles. The summed E-state index contributed by atoms with van der Waals surface area (Å²) in [5.41, 5.74) is 8.82. The fourth-order valence-electron chi connectivity index (χ4n) is 4.84. The van der Waals surface area contributed by atoms with E-state index in [0.717, 1.165) is 62.5 Å². The van der Waals surface area contributed by atoms with E-state index in [1.54, 1.807) is 0 Å². The second-order valence-electron chi connectivity index (χ2n) is 11.3. The van der Waals surface area contributed by atoms with Crippen molar-refractivity contribution in [3.8, 4) is 11.5 Å². The zero-order valence-electron chi connectivity index (χ0n) is 25.7. The molecule has 0 spiro atoms. The van der Waals surface area contributed by atoms with E-state index in [4.69, 9.17) is 0 Å². The summed E-state index contributed by atoms with van der Waals surface area (Å²) in [6.07, 6.45) is 22.4. The maximum Gasteiger partial charge on any atom is 0.127 e. The van der Waals surface area contributed by atoms with Crippen LogP contribution in [0, 0.1) is 6.92 Å². The van der Waals surface area contributed by atoms with Crippen LogP contribution < -0.4 is 0 Å². The Morgan fingerprint density at radius 2 is 0.974 bits per heavy atom. The monoisotopic (exact) mass is 528 g/mol. The van der Waals surface area contributed by atoms with Gasteiger partial charge in [0.25, 0.3) is 0 Å². The molecular weight excluding hydrogens is 476 g/mol. The Balaban J connectivity index is 1.76. The first-order valence-corrected chi connectivity index (χ1v) is 14.8. The van der Waals surface area contributed by atoms with Gasteiger partial charge in [-0.05, 0) is 111 Å². The van der Waals surface area contributed by atoms with E-state index in [9.17, 15) is 10.2 Å². The number of fused-ring (bicyclic) bond motifs is 1. The smallest absolute Gasteiger partial charge is 0.127 e. The van der Waals surface area contributed by atoms with E-state index < -0.39 is 0 Å². The minimum absolute atomic E-state index is 0.268. The van der Waals surface area contributed by atoms with Crippen molar-refractivity contribution in [3.05, 3.63) is 93.6 Å². The standard InChI is InChI=1S/C37H52O2/c1-8-27(2)15-11-16-28(3)17-12-18-29(4)19-13-20-30(5)21-14-22-31(6)25-26-33-32(7)36(38)34-23-9-10-24-35(34)37(33)39/h9-10,15,17,19,21,23-25,38-39H,8,11-14,16,18,20,22,26H2,1-7H3/b27-15-,28-17+,29-19+,30-21+,31-25+. The molecule has 0 atom stereocenters. The highest BCUT2D eigenvalue weighted by atomic mass is 16.3. The molecule has 0 heterocycles. The molecule has 0 bridgehead atoms. The van der Waals surface area contributed by atoms with Crippen LogP contribution >= 0.6 is 0 Å². The molecule has 2 aromatic rings. The van der Waals surface area contributed by atoms with Gasteiger partial charge >= 0.3 is 0 Å². The van der Waals surface area contributed by atoms with Crippen LogP contribution in [0.15, 0.2) is 82.5 Å². The van der Waals surface area contributed by atoms with E-state index in [1.807, 2.05) is 31.2 Å². The molecule has 0 amide bonds. The molecule has 2 aromatic carbocycles. The summed E-state index contributed by atoms with van der Waals surface area (Å²) in [7, 11) is 0. The number of hydrogen-bond acceptors (Lipinski definition) is 2. The zero-order chi connectivity index (χ0) is 28.8. The second-order valence-corrected chi connectivity index (χ2v) is 11.3. The molecule has 0 aliphatic rings. The van der Waals surface area contributed by atoms with E-state index in [0.29, 0.717) is 17.2 Å². The molecule has 212 valence electrons. The van der Waals surface area contributed by atoms with E-state index in [2.05, 4.69) is 71.9 Å². The fourth-order valence-corrected chi connectivity index (χ4v) is 4.84. The van der Waals surface area contributed by atoms with Crippen LogP contribution in [0.1, 0.15) is 110 Å². The number of aromatic hydroxyl groups is 2. The van der Waals surface area contributed by atoms with Crippen molar-refractivity contribution >= 4 is 10.8 Å². The van der Waals surface area contributed by atoms with E-state index >= 15 is 0 Å². The van der Waals surface area contributed by atoms with Crippen LogP contribution in [-0.4, -0.2) is 10.2 Å². The average Bonchev–Trinajstić information content (AvgIpc) is 2.91. The second kappa shape index (κ2) is 16.9. The third kappa shape index (κ3) is 10.9. The van der Waals surface area contributed by atoms with Crippen molar-refractivity contribution in [2.45, 2.75) is 113 Å². The van der Waals surface area contributed by atoms with Crippen molar-refractivity contribution in [1.29, 1.82) is 0 Å². The van der Waals surface area contributed by atoms with Gasteiger partial charge in [-0.1, -0.05) is 89.4 Å². The normalized spacial score (nSPS) is 14.0. The average molecular weight is 529 g/mol. The highest BCUT2D eigenvalue weighted by Gasteiger charge is 2.14. The fraction of sp³-hybridized carbons (Fsp3) is 0.459. The van der Waals surface area contributed by atoms with Gasteiger partial charge in [-0.15, -0.1) is 0 Å². The van der Waals surface area contributed by atoms with E-state index in [1.165, 1.54) is 34.3 Å². The summed E-state index contributed by atoms with van der Waals surface area (Å²) in [5.74, 6) is 0.550. The molecule has 0 aromatic heterocycles. The molecule has 0 saturated carbocycles. The molecular formula is C37H52O2. The topological polar surface area (TPSA) is 40.5 Å². The van der Waals surface area contributed by atoms with Gasteiger partial charge in [0, 0.05) is 16.3 Å². The molecule has 0 unspecified atom stereocenters. The van der Waals surface area contributed by atoms with Crippen LogP contribution in [0.5, 0.6) is 11.5 Å². The number of benzene rings is 2. The predicted octanol–water partition coefficient (Wildman–Crippen LogP) is 11.4. The molecule has 0 aliphatic heterocycles. The summed E-state index contributed by atoms with van der Waals surface area (Å²) >= 11 is 0. The molecule has 0 fully saturated rings. The number of hydrogen-bond donors (Lipinski definition) is 2. The lowest BCUT2D eigenvalue weighted by Gasteiger charge is -2.13. The van der Waals surface area contributed by atoms with Gasteiger partial charge in [0.1, 0.15) is 11.5 Å². The maximum atomic E-state index is 10.8. The molecule has 0 radical (unpaired) electrons. The highest BCUT2D eigenvalue weighted by molar-refractivity contribution is 5.95. The number of rotatable bonds is 15. The number of phenols is 2. The minimum Gasteiger partial charge on any atom is -0.507 e. The Morgan fingerprint density at radius 3 is 1.41 bits per heavy atom. The number of allylic oxidation sites excluding steroid dienone is 10. The SMILES string of the molecule is CC/C(C)=C\CC/C(C)=C/CC/C(C)=C/CC/C(C)=C/CC/C(C)=C/Cc1c(C)c(O)c2ccccc2c1O. The molecule has 0 aliphatic carbocycles. The molecule has 39 heavy (non-hydrogen) atoms. The van der Waals surface area contributed by atoms with Crippen molar-refractivity contribution in [2.24, 2.45) is 0 Å². The van der Waals surface area contributed by atoms with Crippen molar-refractivity contribution in [2.75, 3.05) is 0 Å². The molecule has 2 heteroatoms. The third-order valence-corrected chi connectivity index (χ3v) is 7.87. The van der Waals surface area contributed by atoms with Gasteiger partial charge in [-0.2, -0.15) is 0 Å². The van der Waals surface area contributed by atoms with Crippen LogP contribution in [0.3, 0.4) is 0 Å². The van der Waals surface area contributed by atoms with Gasteiger partial charge in [-0.3, -0.25) is 0 Å². The third-order valence-electron chi connectivity index (χ3n) is 7.87. The van der Waals surface area contributed by atoms with Crippen molar-refractivity contribution in [3.63, 3.8) is 0 Å². The Bertz CT molecular complexity index is 1230. The predicted molar refractivity (Wildman–Crippen MR) is 172 cm³/mol. The molecule has 2 rings (SSSR count). The lowest BCUT2D eigenvalue weighted by atomic mass is 9.95. The lowest BCUT2D eigenvalue weighted by molar-refractivity contribution is 0.461. The Morgan fingerprint density at radius 1 is 0.590 bits per heavy atom. The van der Waals surface area contributed by atoms with Gasteiger partial charge in [0.2, 0.25) is 0 Å². The summed E-state index contributed by atoms with van der Waals surface area (Å²) in [6.45, 7) is 15.2. The van der Waals surface area contributed by atoms with Crippen molar-refractivity contribution < 1.29 is 10.2 Å². The Labute approximate surface area is 238 Å². The quantitative estimate of drug-likeness (QED) is 0.178. The Hall–Kier alpha value is -3.00. The summed E-state index contributed by atoms with van der Waals surface area (Å²) in [5, 5.41) is 22.8. The lowest BCUT2D eigenvalue weighted by Crippen LogP contribution is -1.92. The minimum atomic E-state index is 0.268.